The monoisotopic (exact) mass is 412 g/mol. The Kier molecular flexibility index (Phi) is 5.27. The number of methoxy groups -OCH3 is 1. The maximum atomic E-state index is 12.8. The first kappa shape index (κ1) is 21.0. The molecule has 0 spiro atoms. The molecule has 1 amide bonds. The van der Waals surface area contributed by atoms with Gasteiger partial charge in [0.25, 0.3) is 5.91 Å². The van der Waals surface area contributed by atoms with Crippen molar-refractivity contribution >= 4 is 17.5 Å². The fourth-order valence-electron chi connectivity index (χ4n) is 3.93. The number of nitrogens with zero attached hydrogens (tertiary/aromatic N) is 1. The van der Waals surface area contributed by atoms with Crippen molar-refractivity contribution in [1.82, 2.24) is 5.32 Å². The lowest BCUT2D eigenvalue weighted by atomic mass is 9.48. The number of carbonyl (C=O) groups is 1. The average Bonchev–Trinajstić information content (AvgIpc) is 2.67. The minimum absolute atomic E-state index is 0.133. The van der Waals surface area contributed by atoms with E-state index < -0.39 is 11.1 Å². The van der Waals surface area contributed by atoms with E-state index in [1.54, 1.807) is 49.6 Å². The van der Waals surface area contributed by atoms with Crippen LogP contribution < -0.4 is 14.8 Å². The van der Waals surface area contributed by atoms with Crippen molar-refractivity contribution < 1.29 is 14.3 Å². The molecule has 0 saturated heterocycles. The first-order valence-corrected chi connectivity index (χ1v) is 9.78. The van der Waals surface area contributed by atoms with Crippen LogP contribution in [-0.4, -0.2) is 24.2 Å². The lowest BCUT2D eigenvalue weighted by Gasteiger charge is -2.65. The van der Waals surface area contributed by atoms with Crippen LogP contribution in [-0.2, 0) is 0 Å². The fraction of sp³-hybridized carbons (Fsp3) is 0.391. The topological polar surface area (TPSA) is 71.3 Å². The molecule has 29 heavy (non-hydrogen) atoms. The highest BCUT2D eigenvalue weighted by atomic mass is 35.5. The van der Waals surface area contributed by atoms with E-state index in [4.69, 9.17) is 26.3 Å². The van der Waals surface area contributed by atoms with Crippen molar-refractivity contribution in [2.75, 3.05) is 7.11 Å². The zero-order valence-corrected chi connectivity index (χ0v) is 18.1. The first-order chi connectivity index (χ1) is 13.5. The van der Waals surface area contributed by atoms with E-state index in [1.807, 2.05) is 19.9 Å². The van der Waals surface area contributed by atoms with Gasteiger partial charge in [-0.1, -0.05) is 25.4 Å². The number of ether oxygens (including phenoxy) is 2. The maximum absolute atomic E-state index is 12.8. The standard InChI is InChI=1S/C23H25ClN2O3/c1-21(2)22(3,26-20(27)15-6-9-17(28-5)10-7-15)14-23(21,4)29-18-11-8-16(13-25)19(24)12-18/h6-12H,14H2,1-5H3,(H,26,27)/t22-,23-/m1/s1. The van der Waals surface area contributed by atoms with Crippen molar-refractivity contribution in [3.05, 3.63) is 58.6 Å². The molecule has 2 atom stereocenters. The largest absolute Gasteiger partial charge is 0.497 e. The van der Waals surface area contributed by atoms with Gasteiger partial charge in [0.15, 0.2) is 0 Å². The molecule has 1 aliphatic carbocycles. The van der Waals surface area contributed by atoms with Gasteiger partial charge in [0.2, 0.25) is 0 Å². The molecule has 0 aliphatic heterocycles. The number of hydrogen-bond donors (Lipinski definition) is 1. The molecule has 1 saturated carbocycles. The van der Waals surface area contributed by atoms with Gasteiger partial charge in [-0.05, 0) is 50.2 Å². The number of rotatable bonds is 5. The number of benzene rings is 2. The second-order valence-corrected chi connectivity index (χ2v) is 8.81. The zero-order chi connectivity index (χ0) is 21.4. The third-order valence-corrected chi connectivity index (χ3v) is 6.85. The van der Waals surface area contributed by atoms with Crippen LogP contribution >= 0.6 is 11.6 Å². The van der Waals surface area contributed by atoms with E-state index in [0.717, 1.165) is 0 Å². The van der Waals surface area contributed by atoms with E-state index in [2.05, 4.69) is 19.2 Å². The normalized spacial score (nSPS) is 24.7. The summed E-state index contributed by atoms with van der Waals surface area (Å²) < 4.78 is 11.4. The van der Waals surface area contributed by atoms with Crippen molar-refractivity contribution in [2.24, 2.45) is 5.41 Å². The van der Waals surface area contributed by atoms with Crippen LogP contribution in [0.15, 0.2) is 42.5 Å². The Bertz CT molecular complexity index is 981. The smallest absolute Gasteiger partial charge is 0.251 e. The van der Waals surface area contributed by atoms with Gasteiger partial charge in [-0.2, -0.15) is 5.26 Å². The molecule has 1 fully saturated rings. The van der Waals surface area contributed by atoms with Gasteiger partial charge in [0.1, 0.15) is 23.2 Å². The SMILES string of the molecule is COc1ccc(C(=O)N[C@]2(C)C[C@@](C)(Oc3ccc(C#N)c(Cl)c3)C2(C)C)cc1. The average molecular weight is 413 g/mol. The van der Waals surface area contributed by atoms with Crippen LogP contribution in [0.25, 0.3) is 0 Å². The van der Waals surface area contributed by atoms with Gasteiger partial charge < -0.3 is 14.8 Å². The third kappa shape index (κ3) is 3.54. The Balaban J connectivity index is 1.75. The van der Waals surface area contributed by atoms with Crippen LogP contribution in [0.2, 0.25) is 5.02 Å². The highest BCUT2D eigenvalue weighted by Crippen LogP contribution is 2.58. The lowest BCUT2D eigenvalue weighted by molar-refractivity contribution is -0.180. The number of nitrogens with one attached hydrogen (secondary N) is 1. The second kappa shape index (κ2) is 7.27. The summed E-state index contributed by atoms with van der Waals surface area (Å²) >= 11 is 6.14. The molecule has 152 valence electrons. The van der Waals surface area contributed by atoms with Crippen LogP contribution in [0.5, 0.6) is 11.5 Å². The molecule has 6 heteroatoms. The summed E-state index contributed by atoms with van der Waals surface area (Å²) in [7, 11) is 1.59. The number of amides is 1. The van der Waals surface area contributed by atoms with Gasteiger partial charge in [0.05, 0.1) is 23.2 Å². The Morgan fingerprint density at radius 1 is 1.10 bits per heavy atom. The van der Waals surface area contributed by atoms with E-state index in [0.29, 0.717) is 34.1 Å². The predicted octanol–water partition coefficient (Wildman–Crippen LogP) is 4.98. The molecule has 0 unspecified atom stereocenters. The zero-order valence-electron chi connectivity index (χ0n) is 17.3. The van der Waals surface area contributed by atoms with Gasteiger partial charge in [-0.15, -0.1) is 0 Å². The van der Waals surface area contributed by atoms with Gasteiger partial charge in [-0.25, -0.2) is 0 Å². The van der Waals surface area contributed by atoms with Crippen molar-refractivity contribution in [3.63, 3.8) is 0 Å². The molecule has 0 heterocycles. The van der Waals surface area contributed by atoms with Crippen molar-refractivity contribution in [3.8, 4) is 17.6 Å². The number of carbonyl (C=O) groups excluding carboxylic acids is 1. The molecular weight excluding hydrogens is 388 g/mol. The highest BCUT2D eigenvalue weighted by molar-refractivity contribution is 6.31. The third-order valence-electron chi connectivity index (χ3n) is 6.54. The molecule has 2 aromatic carbocycles. The van der Waals surface area contributed by atoms with Gasteiger partial charge >= 0.3 is 0 Å². The van der Waals surface area contributed by atoms with E-state index >= 15 is 0 Å². The maximum Gasteiger partial charge on any atom is 0.251 e. The summed E-state index contributed by atoms with van der Waals surface area (Å²) in [4.78, 5) is 12.8. The quantitative estimate of drug-likeness (QED) is 0.752. The molecule has 1 N–H and O–H groups in total. The molecule has 3 rings (SSSR count). The Morgan fingerprint density at radius 3 is 2.24 bits per heavy atom. The minimum Gasteiger partial charge on any atom is -0.497 e. The van der Waals surface area contributed by atoms with Crippen molar-refractivity contribution in [2.45, 2.75) is 45.3 Å². The Morgan fingerprint density at radius 2 is 1.72 bits per heavy atom. The summed E-state index contributed by atoms with van der Waals surface area (Å²) in [6.45, 7) is 8.22. The van der Waals surface area contributed by atoms with Gasteiger partial charge in [-0.3, -0.25) is 4.79 Å². The molecule has 0 radical (unpaired) electrons. The van der Waals surface area contributed by atoms with E-state index in [9.17, 15) is 4.79 Å². The predicted molar refractivity (Wildman–Crippen MR) is 112 cm³/mol. The molecule has 1 aliphatic rings. The summed E-state index contributed by atoms with van der Waals surface area (Å²) in [5.74, 6) is 1.18. The summed E-state index contributed by atoms with van der Waals surface area (Å²) in [5, 5.41) is 12.6. The van der Waals surface area contributed by atoms with Crippen LogP contribution in [0.4, 0.5) is 0 Å². The number of hydrogen-bond acceptors (Lipinski definition) is 4. The summed E-state index contributed by atoms with van der Waals surface area (Å²) in [6.07, 6.45) is 0.631. The van der Waals surface area contributed by atoms with Crippen LogP contribution in [0.3, 0.4) is 0 Å². The molecule has 5 nitrogen and oxygen atoms in total. The lowest BCUT2D eigenvalue weighted by Crippen LogP contribution is -2.77. The Labute approximate surface area is 176 Å². The van der Waals surface area contributed by atoms with Crippen LogP contribution in [0.1, 0.15) is 50.0 Å². The van der Waals surface area contributed by atoms with Crippen molar-refractivity contribution in [1.29, 1.82) is 5.26 Å². The summed E-state index contributed by atoms with van der Waals surface area (Å²) in [5.41, 5.74) is -0.325. The number of nitriles is 1. The summed E-state index contributed by atoms with van der Waals surface area (Å²) in [6, 6.07) is 14.1. The van der Waals surface area contributed by atoms with E-state index in [-0.39, 0.29) is 11.3 Å². The molecular formula is C23H25ClN2O3. The van der Waals surface area contributed by atoms with E-state index in [1.165, 1.54) is 0 Å². The Hall–Kier alpha value is -2.71. The highest BCUT2D eigenvalue weighted by Gasteiger charge is 2.67. The molecule has 0 bridgehead atoms. The molecule has 2 aromatic rings. The van der Waals surface area contributed by atoms with Crippen LogP contribution in [0, 0.1) is 16.7 Å². The number of halogens is 1. The minimum atomic E-state index is -0.508. The fourth-order valence-corrected chi connectivity index (χ4v) is 4.15. The van der Waals surface area contributed by atoms with Gasteiger partial charge in [0, 0.05) is 23.5 Å². The molecule has 0 aromatic heterocycles. The second-order valence-electron chi connectivity index (χ2n) is 8.40. The first-order valence-electron chi connectivity index (χ1n) is 9.40.